The second kappa shape index (κ2) is 6.72. The minimum absolute atomic E-state index is 0.642. The molecule has 0 aliphatic carbocycles. The molecule has 0 bridgehead atoms. The minimum atomic E-state index is 0.642. The quantitative estimate of drug-likeness (QED) is 0.810. The van der Waals surface area contributed by atoms with Gasteiger partial charge in [0.15, 0.2) is 0 Å². The first kappa shape index (κ1) is 13.3. The highest BCUT2D eigenvalue weighted by molar-refractivity contribution is 4.83. The van der Waals surface area contributed by atoms with Crippen molar-refractivity contribution in [2.45, 2.75) is 57.5 Å². The maximum absolute atomic E-state index is 5.91. The molecule has 3 heteroatoms. The molecule has 0 aromatic heterocycles. The van der Waals surface area contributed by atoms with Gasteiger partial charge in [0.2, 0.25) is 0 Å². The van der Waals surface area contributed by atoms with Gasteiger partial charge in [0.05, 0.1) is 0 Å². The monoisotopic (exact) mass is 239 g/mol. The van der Waals surface area contributed by atoms with Gasteiger partial charge in [-0.25, -0.2) is 0 Å². The summed E-state index contributed by atoms with van der Waals surface area (Å²) in [6.45, 7) is 8.32. The standard InChI is InChI=1S/C14H29N3/c1-13-6-5-7-14(12-15)17(13)11-10-16-8-3-2-4-9-16/h13-14H,2-12,15H2,1H3. The van der Waals surface area contributed by atoms with E-state index in [1.54, 1.807) is 0 Å². The third-order valence-corrected chi connectivity index (χ3v) is 4.59. The van der Waals surface area contributed by atoms with E-state index < -0.39 is 0 Å². The van der Waals surface area contributed by atoms with Crippen LogP contribution in [-0.2, 0) is 0 Å². The van der Waals surface area contributed by atoms with Crippen LogP contribution in [0.5, 0.6) is 0 Å². The Balaban J connectivity index is 1.78. The van der Waals surface area contributed by atoms with E-state index in [4.69, 9.17) is 5.73 Å². The van der Waals surface area contributed by atoms with Crippen LogP contribution >= 0.6 is 0 Å². The predicted octanol–water partition coefficient (Wildman–Crippen LogP) is 1.67. The number of rotatable bonds is 4. The highest BCUT2D eigenvalue weighted by Gasteiger charge is 2.26. The smallest absolute Gasteiger partial charge is 0.0221 e. The van der Waals surface area contributed by atoms with Gasteiger partial charge < -0.3 is 10.6 Å². The van der Waals surface area contributed by atoms with E-state index in [0.717, 1.165) is 12.6 Å². The van der Waals surface area contributed by atoms with Crippen molar-refractivity contribution in [3.63, 3.8) is 0 Å². The fourth-order valence-electron chi connectivity index (χ4n) is 3.44. The van der Waals surface area contributed by atoms with Crippen molar-refractivity contribution in [2.24, 2.45) is 5.73 Å². The first-order valence-corrected chi connectivity index (χ1v) is 7.49. The Labute approximate surface area is 106 Å². The van der Waals surface area contributed by atoms with Gasteiger partial charge in [-0.1, -0.05) is 12.8 Å². The minimum Gasteiger partial charge on any atom is -0.329 e. The molecule has 100 valence electrons. The Morgan fingerprint density at radius 1 is 1.00 bits per heavy atom. The van der Waals surface area contributed by atoms with Crippen LogP contribution < -0.4 is 5.73 Å². The molecule has 17 heavy (non-hydrogen) atoms. The van der Waals surface area contributed by atoms with E-state index in [-0.39, 0.29) is 0 Å². The number of nitrogens with zero attached hydrogens (tertiary/aromatic N) is 2. The average Bonchev–Trinajstić information content (AvgIpc) is 2.38. The van der Waals surface area contributed by atoms with E-state index in [9.17, 15) is 0 Å². The van der Waals surface area contributed by atoms with Gasteiger partial charge in [0.25, 0.3) is 0 Å². The third-order valence-electron chi connectivity index (χ3n) is 4.59. The molecule has 3 nitrogen and oxygen atoms in total. The number of nitrogens with two attached hydrogens (primary N) is 1. The van der Waals surface area contributed by atoms with Crippen LogP contribution in [0.3, 0.4) is 0 Å². The molecule has 2 heterocycles. The summed E-state index contributed by atoms with van der Waals surface area (Å²) < 4.78 is 0. The van der Waals surface area contributed by atoms with Crippen LogP contribution in [0.4, 0.5) is 0 Å². The lowest BCUT2D eigenvalue weighted by atomic mass is 9.96. The van der Waals surface area contributed by atoms with E-state index in [2.05, 4.69) is 16.7 Å². The Hall–Kier alpha value is -0.120. The van der Waals surface area contributed by atoms with Gasteiger partial charge in [0.1, 0.15) is 0 Å². The summed E-state index contributed by atoms with van der Waals surface area (Å²) in [5.41, 5.74) is 5.91. The summed E-state index contributed by atoms with van der Waals surface area (Å²) in [5.74, 6) is 0. The molecule has 0 aromatic rings. The molecule has 0 aromatic carbocycles. The van der Waals surface area contributed by atoms with Crippen molar-refractivity contribution in [2.75, 3.05) is 32.7 Å². The van der Waals surface area contributed by atoms with Crippen LogP contribution in [0.25, 0.3) is 0 Å². The topological polar surface area (TPSA) is 32.5 Å². The fourth-order valence-corrected chi connectivity index (χ4v) is 3.44. The van der Waals surface area contributed by atoms with Gasteiger partial charge in [0, 0.05) is 31.7 Å². The molecule has 2 N–H and O–H groups in total. The molecule has 2 atom stereocenters. The largest absolute Gasteiger partial charge is 0.329 e. The van der Waals surface area contributed by atoms with E-state index in [0.29, 0.717) is 6.04 Å². The fraction of sp³-hybridized carbons (Fsp3) is 1.00. The zero-order chi connectivity index (χ0) is 12.1. The van der Waals surface area contributed by atoms with Crippen LogP contribution in [0.15, 0.2) is 0 Å². The lowest BCUT2D eigenvalue weighted by molar-refractivity contribution is 0.0787. The van der Waals surface area contributed by atoms with Crippen molar-refractivity contribution in [3.05, 3.63) is 0 Å². The van der Waals surface area contributed by atoms with Crippen molar-refractivity contribution >= 4 is 0 Å². The second-order valence-electron chi connectivity index (χ2n) is 5.81. The van der Waals surface area contributed by atoms with Gasteiger partial charge >= 0.3 is 0 Å². The van der Waals surface area contributed by atoms with Gasteiger partial charge in [-0.15, -0.1) is 0 Å². The number of hydrogen-bond donors (Lipinski definition) is 1. The van der Waals surface area contributed by atoms with Gasteiger partial charge in [-0.05, 0) is 45.7 Å². The molecule has 2 aliphatic heterocycles. The highest BCUT2D eigenvalue weighted by atomic mass is 15.2. The zero-order valence-corrected chi connectivity index (χ0v) is 11.4. The SMILES string of the molecule is CC1CCCC(CN)N1CCN1CCCCC1. The molecular weight excluding hydrogens is 210 g/mol. The first-order chi connectivity index (χ1) is 8.31. The molecule has 2 unspecified atom stereocenters. The lowest BCUT2D eigenvalue weighted by Gasteiger charge is -2.41. The number of likely N-dealkylation sites (tertiary alicyclic amines) is 2. The lowest BCUT2D eigenvalue weighted by Crippen LogP contribution is -2.51. The van der Waals surface area contributed by atoms with Crippen LogP contribution in [0.2, 0.25) is 0 Å². The Morgan fingerprint density at radius 2 is 1.76 bits per heavy atom. The number of hydrogen-bond acceptors (Lipinski definition) is 3. The van der Waals surface area contributed by atoms with E-state index in [1.165, 1.54) is 64.7 Å². The van der Waals surface area contributed by atoms with E-state index in [1.807, 2.05) is 0 Å². The molecule has 2 aliphatic rings. The summed E-state index contributed by atoms with van der Waals surface area (Å²) in [6, 6.07) is 1.38. The van der Waals surface area contributed by atoms with Crippen molar-refractivity contribution in [1.29, 1.82) is 0 Å². The summed E-state index contributed by atoms with van der Waals surface area (Å²) in [6.07, 6.45) is 8.26. The van der Waals surface area contributed by atoms with Crippen molar-refractivity contribution in [1.82, 2.24) is 9.80 Å². The molecule has 2 saturated heterocycles. The van der Waals surface area contributed by atoms with Crippen LogP contribution in [0, 0.1) is 0 Å². The summed E-state index contributed by atoms with van der Waals surface area (Å²) in [4.78, 5) is 5.30. The predicted molar refractivity (Wildman–Crippen MR) is 73.2 cm³/mol. The van der Waals surface area contributed by atoms with E-state index >= 15 is 0 Å². The average molecular weight is 239 g/mol. The molecule has 0 saturated carbocycles. The Morgan fingerprint density at radius 3 is 2.47 bits per heavy atom. The maximum Gasteiger partial charge on any atom is 0.0221 e. The molecule has 2 fully saturated rings. The second-order valence-corrected chi connectivity index (χ2v) is 5.81. The molecular formula is C14H29N3. The summed E-state index contributed by atoms with van der Waals surface area (Å²) in [7, 11) is 0. The van der Waals surface area contributed by atoms with Gasteiger partial charge in [-0.3, -0.25) is 4.90 Å². The third kappa shape index (κ3) is 3.67. The van der Waals surface area contributed by atoms with Gasteiger partial charge in [-0.2, -0.15) is 0 Å². The molecule has 2 rings (SSSR count). The first-order valence-electron chi connectivity index (χ1n) is 7.49. The normalized spacial score (nSPS) is 32.8. The maximum atomic E-state index is 5.91. The summed E-state index contributed by atoms with van der Waals surface area (Å²) in [5, 5.41) is 0. The van der Waals surface area contributed by atoms with Crippen molar-refractivity contribution < 1.29 is 0 Å². The highest BCUT2D eigenvalue weighted by Crippen LogP contribution is 2.22. The number of piperidine rings is 2. The zero-order valence-electron chi connectivity index (χ0n) is 11.4. The van der Waals surface area contributed by atoms with Crippen molar-refractivity contribution in [3.8, 4) is 0 Å². The molecule has 0 spiro atoms. The van der Waals surface area contributed by atoms with Crippen LogP contribution in [-0.4, -0.2) is 54.6 Å². The Kier molecular flexibility index (Phi) is 5.26. The Bertz CT molecular complexity index is 214. The molecule has 0 amide bonds. The van der Waals surface area contributed by atoms with Crippen LogP contribution in [0.1, 0.15) is 45.4 Å². The summed E-state index contributed by atoms with van der Waals surface area (Å²) >= 11 is 0. The molecule has 0 radical (unpaired) electrons.